The highest BCUT2D eigenvalue weighted by Gasteiger charge is 2.14. The predicted molar refractivity (Wildman–Crippen MR) is 85.7 cm³/mol. The van der Waals surface area contributed by atoms with Gasteiger partial charge in [0.2, 0.25) is 0 Å². The van der Waals surface area contributed by atoms with Crippen LogP contribution in [-0.2, 0) is 6.54 Å². The molecule has 1 saturated heterocycles. The molecule has 0 aromatic heterocycles. The van der Waals surface area contributed by atoms with Crippen LogP contribution in [-0.4, -0.2) is 67.6 Å². The van der Waals surface area contributed by atoms with Crippen molar-refractivity contribution in [1.29, 1.82) is 0 Å². The summed E-state index contributed by atoms with van der Waals surface area (Å²) in [6, 6.07) is 8.25. The van der Waals surface area contributed by atoms with Crippen molar-refractivity contribution >= 4 is 5.69 Å². The van der Waals surface area contributed by atoms with Gasteiger partial charge < -0.3 is 10.6 Å². The molecule has 1 aliphatic heterocycles. The van der Waals surface area contributed by atoms with Crippen LogP contribution in [0.25, 0.3) is 0 Å². The predicted octanol–water partition coefficient (Wildman–Crippen LogP) is 1.34. The summed E-state index contributed by atoms with van der Waals surface area (Å²) < 4.78 is 0. The first-order valence-electron chi connectivity index (χ1n) is 7.65. The molecule has 1 aliphatic rings. The Kier molecular flexibility index (Phi) is 5.83. The van der Waals surface area contributed by atoms with E-state index in [0.717, 1.165) is 25.3 Å². The highest BCUT2D eigenvalue weighted by atomic mass is 15.3. The number of hydrogen-bond acceptors (Lipinski definition) is 4. The van der Waals surface area contributed by atoms with Crippen molar-refractivity contribution in [2.24, 2.45) is 0 Å². The van der Waals surface area contributed by atoms with Crippen LogP contribution in [0, 0.1) is 0 Å². The molecule has 20 heavy (non-hydrogen) atoms. The molecule has 1 aromatic rings. The summed E-state index contributed by atoms with van der Waals surface area (Å²) in [4.78, 5) is 7.48. The minimum absolute atomic E-state index is 0.842. The maximum Gasteiger partial charge on any atom is 0.0314 e. The van der Waals surface area contributed by atoms with E-state index in [9.17, 15) is 0 Å². The normalized spacial score (nSPS) is 17.8. The maximum atomic E-state index is 5.73. The molecular weight excluding hydrogens is 248 g/mol. The highest BCUT2D eigenvalue weighted by molar-refractivity contribution is 5.39. The molecule has 0 saturated carbocycles. The monoisotopic (exact) mass is 276 g/mol. The van der Waals surface area contributed by atoms with Crippen molar-refractivity contribution in [1.82, 2.24) is 14.7 Å². The summed E-state index contributed by atoms with van der Waals surface area (Å²) in [7, 11) is 2.21. The molecule has 0 unspecified atom stereocenters. The third-order valence-electron chi connectivity index (χ3n) is 4.16. The van der Waals surface area contributed by atoms with E-state index in [-0.39, 0.29) is 0 Å². The van der Waals surface area contributed by atoms with Gasteiger partial charge in [0.15, 0.2) is 0 Å². The van der Waals surface area contributed by atoms with Crippen LogP contribution in [0.1, 0.15) is 12.5 Å². The molecule has 0 amide bonds. The molecule has 4 heteroatoms. The molecule has 112 valence electrons. The average molecular weight is 276 g/mol. The van der Waals surface area contributed by atoms with Gasteiger partial charge >= 0.3 is 0 Å². The van der Waals surface area contributed by atoms with Crippen molar-refractivity contribution in [3.8, 4) is 0 Å². The maximum absolute atomic E-state index is 5.73. The first-order chi connectivity index (χ1) is 9.67. The van der Waals surface area contributed by atoms with Crippen LogP contribution in [0.4, 0.5) is 5.69 Å². The zero-order valence-electron chi connectivity index (χ0n) is 12.9. The summed E-state index contributed by atoms with van der Waals surface area (Å²) in [5.74, 6) is 0. The quantitative estimate of drug-likeness (QED) is 0.795. The minimum Gasteiger partial charge on any atom is -0.399 e. The molecule has 0 aliphatic carbocycles. The number of hydrogen-bond donors (Lipinski definition) is 1. The molecule has 0 radical (unpaired) electrons. The lowest BCUT2D eigenvalue weighted by molar-refractivity contribution is 0.134. The Morgan fingerprint density at radius 1 is 1.10 bits per heavy atom. The lowest BCUT2D eigenvalue weighted by atomic mass is 10.2. The van der Waals surface area contributed by atoms with Crippen molar-refractivity contribution in [3.05, 3.63) is 29.8 Å². The van der Waals surface area contributed by atoms with E-state index >= 15 is 0 Å². The highest BCUT2D eigenvalue weighted by Crippen LogP contribution is 2.09. The van der Waals surface area contributed by atoms with Gasteiger partial charge in [-0.3, -0.25) is 9.80 Å². The van der Waals surface area contributed by atoms with Gasteiger partial charge in [-0.05, 0) is 31.3 Å². The fourth-order valence-electron chi connectivity index (χ4n) is 2.58. The zero-order chi connectivity index (χ0) is 14.4. The molecule has 2 rings (SSSR count). The van der Waals surface area contributed by atoms with Crippen LogP contribution in [0.2, 0.25) is 0 Å². The Hall–Kier alpha value is -1.10. The third kappa shape index (κ3) is 4.78. The summed E-state index contributed by atoms with van der Waals surface area (Å²) in [5, 5.41) is 0. The van der Waals surface area contributed by atoms with E-state index in [2.05, 4.69) is 40.8 Å². The summed E-state index contributed by atoms with van der Waals surface area (Å²) in [5.41, 5.74) is 7.92. The van der Waals surface area contributed by atoms with Crippen molar-refractivity contribution in [2.45, 2.75) is 13.5 Å². The Morgan fingerprint density at radius 3 is 2.35 bits per heavy atom. The average Bonchev–Trinajstić information content (AvgIpc) is 2.47. The fourth-order valence-corrected chi connectivity index (χ4v) is 2.58. The topological polar surface area (TPSA) is 35.7 Å². The van der Waals surface area contributed by atoms with Crippen LogP contribution in [0.5, 0.6) is 0 Å². The lowest BCUT2D eigenvalue weighted by Gasteiger charge is -2.33. The van der Waals surface area contributed by atoms with Gasteiger partial charge in [-0.15, -0.1) is 0 Å². The van der Waals surface area contributed by atoms with Crippen molar-refractivity contribution < 1.29 is 0 Å². The molecule has 1 aromatic carbocycles. The molecule has 1 heterocycles. The Bertz CT molecular complexity index is 382. The number of rotatable bonds is 6. The van der Waals surface area contributed by atoms with Gasteiger partial charge in [0.1, 0.15) is 0 Å². The largest absolute Gasteiger partial charge is 0.399 e. The van der Waals surface area contributed by atoms with Crippen LogP contribution in [0.15, 0.2) is 24.3 Å². The van der Waals surface area contributed by atoms with Crippen molar-refractivity contribution in [2.75, 3.05) is 58.6 Å². The molecule has 4 nitrogen and oxygen atoms in total. The van der Waals surface area contributed by atoms with Gasteiger partial charge in [0.25, 0.3) is 0 Å². The van der Waals surface area contributed by atoms with Crippen LogP contribution in [0.3, 0.4) is 0 Å². The van der Waals surface area contributed by atoms with E-state index in [1.807, 2.05) is 12.1 Å². The summed E-state index contributed by atoms with van der Waals surface area (Å²) >= 11 is 0. The van der Waals surface area contributed by atoms with Crippen molar-refractivity contribution in [3.63, 3.8) is 0 Å². The Labute approximate surface area is 123 Å². The standard InChI is InChI=1S/C16H28N4/c1-3-19(14-15-4-6-16(17)7-5-15)12-13-20-10-8-18(2)9-11-20/h4-7H,3,8-14,17H2,1-2H3. The number of nitrogens with zero attached hydrogens (tertiary/aromatic N) is 3. The Morgan fingerprint density at radius 2 is 1.75 bits per heavy atom. The number of nitrogen functional groups attached to an aromatic ring is 1. The second kappa shape index (κ2) is 7.62. The zero-order valence-corrected chi connectivity index (χ0v) is 12.9. The van der Waals surface area contributed by atoms with E-state index < -0.39 is 0 Å². The minimum atomic E-state index is 0.842. The van der Waals surface area contributed by atoms with Gasteiger partial charge in [0, 0.05) is 51.5 Å². The summed E-state index contributed by atoms with van der Waals surface area (Å²) in [6.45, 7) is 11.5. The molecule has 1 fully saturated rings. The molecule has 0 spiro atoms. The SMILES string of the molecule is CCN(CCN1CCN(C)CC1)Cc1ccc(N)cc1. The van der Waals surface area contributed by atoms with E-state index in [0.29, 0.717) is 0 Å². The number of piperazine rings is 1. The van der Waals surface area contributed by atoms with E-state index in [1.165, 1.54) is 38.3 Å². The number of anilines is 1. The second-order valence-electron chi connectivity index (χ2n) is 5.76. The first-order valence-corrected chi connectivity index (χ1v) is 7.65. The molecule has 0 atom stereocenters. The van der Waals surface area contributed by atoms with Crippen LogP contribution < -0.4 is 5.73 Å². The Balaban J connectivity index is 1.76. The van der Waals surface area contributed by atoms with Gasteiger partial charge in [-0.2, -0.15) is 0 Å². The van der Waals surface area contributed by atoms with Gasteiger partial charge in [0.05, 0.1) is 0 Å². The van der Waals surface area contributed by atoms with Gasteiger partial charge in [-0.25, -0.2) is 0 Å². The molecule has 2 N–H and O–H groups in total. The second-order valence-corrected chi connectivity index (χ2v) is 5.76. The number of benzene rings is 1. The van der Waals surface area contributed by atoms with Gasteiger partial charge in [-0.1, -0.05) is 19.1 Å². The molecule has 0 bridgehead atoms. The molecular formula is C16H28N4. The fraction of sp³-hybridized carbons (Fsp3) is 0.625. The summed E-state index contributed by atoms with van der Waals surface area (Å²) in [6.07, 6.45) is 0. The number of likely N-dealkylation sites (N-methyl/N-ethyl adjacent to an activating group) is 2. The first kappa shape index (κ1) is 15.3. The van der Waals surface area contributed by atoms with E-state index in [4.69, 9.17) is 5.73 Å². The van der Waals surface area contributed by atoms with Crippen LogP contribution >= 0.6 is 0 Å². The smallest absolute Gasteiger partial charge is 0.0314 e. The third-order valence-corrected chi connectivity index (χ3v) is 4.16. The van der Waals surface area contributed by atoms with E-state index in [1.54, 1.807) is 0 Å². The lowest BCUT2D eigenvalue weighted by Crippen LogP contribution is -2.46. The number of nitrogens with two attached hydrogens (primary N) is 1.